The van der Waals surface area contributed by atoms with E-state index in [0.29, 0.717) is 19.4 Å². The van der Waals surface area contributed by atoms with E-state index in [1.807, 2.05) is 0 Å². The van der Waals surface area contributed by atoms with Crippen LogP contribution in [0.3, 0.4) is 0 Å². The third kappa shape index (κ3) is 52.0. The van der Waals surface area contributed by atoms with E-state index >= 15 is 0 Å². The maximum Gasteiger partial charge on any atom is 0.306 e. The molecule has 370 valence electrons. The van der Waals surface area contributed by atoms with Gasteiger partial charge in [0.05, 0.1) is 6.61 Å². The molecule has 1 unspecified atom stereocenters. The molecule has 0 aliphatic rings. The van der Waals surface area contributed by atoms with E-state index in [4.69, 9.17) is 14.2 Å². The van der Waals surface area contributed by atoms with Gasteiger partial charge in [-0.05, 0) is 96.3 Å². The molecule has 0 saturated heterocycles. The van der Waals surface area contributed by atoms with Gasteiger partial charge in [0.2, 0.25) is 0 Å². The molecule has 0 bridgehead atoms. The number of allylic oxidation sites excluding steroid dienone is 12. The molecule has 0 aromatic heterocycles. The second-order valence-corrected chi connectivity index (χ2v) is 18.1. The summed E-state index contributed by atoms with van der Waals surface area (Å²) < 4.78 is 17.4. The molecule has 0 spiro atoms. The summed E-state index contributed by atoms with van der Waals surface area (Å²) in [6, 6.07) is 0. The minimum atomic E-state index is -0.549. The molecule has 0 rings (SSSR count). The zero-order chi connectivity index (χ0) is 46.3. The largest absolute Gasteiger partial charge is 0.462 e. The van der Waals surface area contributed by atoms with Crippen molar-refractivity contribution in [2.75, 3.05) is 19.8 Å². The Morgan fingerprint density at radius 1 is 0.344 bits per heavy atom. The van der Waals surface area contributed by atoms with Gasteiger partial charge in [0.25, 0.3) is 0 Å². The lowest BCUT2D eigenvalue weighted by atomic mass is 10.1. The zero-order valence-corrected chi connectivity index (χ0v) is 42.5. The van der Waals surface area contributed by atoms with Crippen molar-refractivity contribution in [3.05, 3.63) is 72.9 Å². The third-order valence-electron chi connectivity index (χ3n) is 11.7. The van der Waals surface area contributed by atoms with Gasteiger partial charge in [0.15, 0.2) is 6.10 Å². The van der Waals surface area contributed by atoms with Crippen LogP contribution in [0, 0.1) is 0 Å². The minimum absolute atomic E-state index is 0.0728. The van der Waals surface area contributed by atoms with Crippen LogP contribution in [-0.4, -0.2) is 37.9 Å². The molecule has 0 N–H and O–H groups in total. The number of hydrogen-bond acceptors (Lipinski definition) is 5. The smallest absolute Gasteiger partial charge is 0.306 e. The zero-order valence-electron chi connectivity index (χ0n) is 42.5. The number of unbranched alkanes of at least 4 members (excludes halogenated alkanes) is 27. The number of carbonyl (C=O) groups is 2. The van der Waals surface area contributed by atoms with Crippen molar-refractivity contribution in [2.45, 2.75) is 271 Å². The summed E-state index contributed by atoms with van der Waals surface area (Å²) in [5.74, 6) is -0.420. The van der Waals surface area contributed by atoms with Gasteiger partial charge >= 0.3 is 11.9 Å². The lowest BCUT2D eigenvalue weighted by Gasteiger charge is -2.18. The summed E-state index contributed by atoms with van der Waals surface area (Å²) in [6.07, 6.45) is 70.5. The number of ether oxygens (including phenoxy) is 3. The summed E-state index contributed by atoms with van der Waals surface area (Å²) in [4.78, 5) is 25.4. The van der Waals surface area contributed by atoms with Crippen LogP contribution in [0.1, 0.15) is 265 Å². The molecule has 0 aliphatic carbocycles. The van der Waals surface area contributed by atoms with Crippen molar-refractivity contribution in [3.8, 4) is 0 Å². The Morgan fingerprint density at radius 3 is 1.08 bits per heavy atom. The summed E-state index contributed by atoms with van der Waals surface area (Å²) in [7, 11) is 0. The summed E-state index contributed by atoms with van der Waals surface area (Å²) in [6.45, 7) is 7.76. The van der Waals surface area contributed by atoms with Gasteiger partial charge < -0.3 is 14.2 Å². The van der Waals surface area contributed by atoms with E-state index in [1.165, 1.54) is 141 Å². The molecule has 0 aromatic rings. The quantitative estimate of drug-likeness (QED) is 0.0346. The minimum Gasteiger partial charge on any atom is -0.462 e. The highest BCUT2D eigenvalue weighted by Gasteiger charge is 2.17. The first-order chi connectivity index (χ1) is 31.6. The molecule has 5 heteroatoms. The van der Waals surface area contributed by atoms with E-state index in [1.54, 1.807) is 0 Å². The average Bonchev–Trinajstić information content (AvgIpc) is 3.30. The van der Waals surface area contributed by atoms with Crippen molar-refractivity contribution in [1.82, 2.24) is 0 Å². The van der Waals surface area contributed by atoms with Crippen LogP contribution in [0.2, 0.25) is 0 Å². The molecule has 0 amide bonds. The Kier molecular flexibility index (Phi) is 52.4. The van der Waals surface area contributed by atoms with Crippen molar-refractivity contribution >= 4 is 11.9 Å². The van der Waals surface area contributed by atoms with Gasteiger partial charge in [-0.25, -0.2) is 0 Å². The highest BCUT2D eigenvalue weighted by atomic mass is 16.6. The first-order valence-electron chi connectivity index (χ1n) is 27.5. The van der Waals surface area contributed by atoms with Crippen molar-refractivity contribution in [1.29, 1.82) is 0 Å². The molecule has 0 saturated carbocycles. The Morgan fingerprint density at radius 2 is 0.656 bits per heavy atom. The van der Waals surface area contributed by atoms with E-state index in [-0.39, 0.29) is 25.2 Å². The van der Waals surface area contributed by atoms with Crippen LogP contribution in [-0.2, 0) is 23.8 Å². The summed E-state index contributed by atoms with van der Waals surface area (Å²) >= 11 is 0. The van der Waals surface area contributed by atoms with E-state index in [2.05, 4.69) is 93.7 Å². The fraction of sp³-hybridized carbons (Fsp3) is 0.763. The number of esters is 2. The van der Waals surface area contributed by atoms with Crippen LogP contribution in [0.4, 0.5) is 0 Å². The fourth-order valence-corrected chi connectivity index (χ4v) is 7.58. The molecule has 0 aromatic carbocycles. The van der Waals surface area contributed by atoms with Gasteiger partial charge in [-0.2, -0.15) is 0 Å². The van der Waals surface area contributed by atoms with E-state index < -0.39 is 6.10 Å². The van der Waals surface area contributed by atoms with Crippen LogP contribution >= 0.6 is 0 Å². The lowest BCUT2D eigenvalue weighted by molar-refractivity contribution is -0.163. The highest BCUT2D eigenvalue weighted by Crippen LogP contribution is 2.14. The molecule has 0 fully saturated rings. The van der Waals surface area contributed by atoms with Crippen molar-refractivity contribution < 1.29 is 23.8 Å². The van der Waals surface area contributed by atoms with Crippen LogP contribution < -0.4 is 0 Å². The van der Waals surface area contributed by atoms with Crippen molar-refractivity contribution in [2.24, 2.45) is 0 Å². The Hall–Kier alpha value is -2.66. The van der Waals surface area contributed by atoms with E-state index in [0.717, 1.165) is 89.9 Å². The molecule has 1 atom stereocenters. The second kappa shape index (κ2) is 54.7. The van der Waals surface area contributed by atoms with Crippen LogP contribution in [0.25, 0.3) is 0 Å². The topological polar surface area (TPSA) is 61.8 Å². The summed E-state index contributed by atoms with van der Waals surface area (Å²) in [5.41, 5.74) is 0. The fourth-order valence-electron chi connectivity index (χ4n) is 7.58. The maximum absolute atomic E-state index is 12.8. The molecular formula is C59H104O5. The molecule has 0 aliphatic heterocycles. The SMILES string of the molecule is CCCCC/C=C\C/C=C\C/C=C\CCCCCCCCC(=O)OCC(COCCCCCCCCCCCC)OC(=O)CCCCCCCC/C=C\C/C=C\C/C=C\CCCCC. The first kappa shape index (κ1) is 61.3. The Labute approximate surface area is 397 Å². The standard InChI is InChI=1S/C59H104O5/c1-4-7-10-13-16-19-22-24-26-28-30-32-34-36-38-40-43-46-49-52-58(60)63-56-57(55-62-54-51-48-45-42-21-18-15-12-9-6-3)64-59(61)53-50-47-44-41-39-37-35-33-31-29-27-25-23-20-17-14-11-8-5-2/h16-17,19-20,24-27,30-33,57H,4-15,18,21-23,28-29,34-56H2,1-3H3/b19-16-,20-17-,26-24-,27-25-,32-30-,33-31-. The van der Waals surface area contributed by atoms with Gasteiger partial charge in [-0.15, -0.1) is 0 Å². The average molecular weight is 893 g/mol. The van der Waals surface area contributed by atoms with Gasteiger partial charge in [0.1, 0.15) is 6.61 Å². The normalized spacial score (nSPS) is 12.7. The number of carbonyl (C=O) groups excluding carboxylic acids is 2. The lowest BCUT2D eigenvalue weighted by Crippen LogP contribution is -2.30. The molecule has 64 heavy (non-hydrogen) atoms. The Bertz CT molecular complexity index is 1150. The van der Waals surface area contributed by atoms with Crippen molar-refractivity contribution in [3.63, 3.8) is 0 Å². The first-order valence-corrected chi connectivity index (χ1v) is 27.5. The molecule has 5 nitrogen and oxygen atoms in total. The van der Waals surface area contributed by atoms with Crippen LogP contribution in [0.5, 0.6) is 0 Å². The monoisotopic (exact) mass is 893 g/mol. The molecule has 0 radical (unpaired) electrons. The predicted molar refractivity (Wildman–Crippen MR) is 279 cm³/mol. The predicted octanol–water partition coefficient (Wildman–Crippen LogP) is 18.7. The van der Waals surface area contributed by atoms with Gasteiger partial charge in [0, 0.05) is 19.4 Å². The molecular weight excluding hydrogens is 789 g/mol. The summed E-state index contributed by atoms with van der Waals surface area (Å²) in [5, 5.41) is 0. The highest BCUT2D eigenvalue weighted by molar-refractivity contribution is 5.70. The second-order valence-electron chi connectivity index (χ2n) is 18.1. The number of rotatable bonds is 50. The maximum atomic E-state index is 12.8. The number of hydrogen-bond donors (Lipinski definition) is 0. The third-order valence-corrected chi connectivity index (χ3v) is 11.7. The van der Waals surface area contributed by atoms with Crippen LogP contribution in [0.15, 0.2) is 72.9 Å². The Balaban J connectivity index is 4.25. The van der Waals surface area contributed by atoms with E-state index in [9.17, 15) is 9.59 Å². The van der Waals surface area contributed by atoms with Gasteiger partial charge in [-0.1, -0.05) is 229 Å². The molecule has 0 heterocycles. The van der Waals surface area contributed by atoms with Gasteiger partial charge in [-0.3, -0.25) is 9.59 Å².